The molecule has 0 N–H and O–H groups in total. The first kappa shape index (κ1) is 14.0. The second-order valence-electron chi connectivity index (χ2n) is 3.90. The minimum Gasteiger partial charge on any atom is -0.497 e. The summed E-state index contributed by atoms with van der Waals surface area (Å²) in [6.07, 6.45) is 0. The molecule has 1 aromatic heterocycles. The lowest BCUT2D eigenvalue weighted by molar-refractivity contribution is 0.414. The van der Waals surface area contributed by atoms with Crippen molar-refractivity contribution in [1.82, 2.24) is 9.78 Å². The number of hydrogen-bond donors (Lipinski definition) is 0. The van der Waals surface area contributed by atoms with Gasteiger partial charge in [-0.05, 0) is 17.7 Å². The normalized spacial score (nSPS) is 10.5. The third-order valence-corrected chi connectivity index (χ3v) is 4.06. The SMILES string of the molecule is COc1ccc(CSc2cc(=O)n(C)nc2Cl)cc1. The van der Waals surface area contributed by atoms with E-state index in [1.807, 2.05) is 24.3 Å². The zero-order valence-corrected chi connectivity index (χ0v) is 12.2. The summed E-state index contributed by atoms with van der Waals surface area (Å²) in [5.74, 6) is 1.54. The van der Waals surface area contributed by atoms with E-state index < -0.39 is 0 Å². The van der Waals surface area contributed by atoms with Gasteiger partial charge >= 0.3 is 0 Å². The summed E-state index contributed by atoms with van der Waals surface area (Å²) in [7, 11) is 3.21. The lowest BCUT2D eigenvalue weighted by Gasteiger charge is -2.05. The smallest absolute Gasteiger partial charge is 0.267 e. The van der Waals surface area contributed by atoms with Crippen molar-refractivity contribution in [1.29, 1.82) is 0 Å². The fourth-order valence-electron chi connectivity index (χ4n) is 1.48. The van der Waals surface area contributed by atoms with Crippen LogP contribution in [0.15, 0.2) is 40.0 Å². The fourth-order valence-corrected chi connectivity index (χ4v) is 2.67. The summed E-state index contributed by atoms with van der Waals surface area (Å²) < 4.78 is 6.32. The van der Waals surface area contributed by atoms with Crippen molar-refractivity contribution < 1.29 is 4.74 Å². The molecule has 0 saturated heterocycles. The molecule has 0 saturated carbocycles. The molecule has 0 fully saturated rings. The van der Waals surface area contributed by atoms with Crippen LogP contribution in [0, 0.1) is 0 Å². The van der Waals surface area contributed by atoms with Gasteiger partial charge in [0.25, 0.3) is 5.56 Å². The summed E-state index contributed by atoms with van der Waals surface area (Å²) in [4.78, 5) is 12.2. The second kappa shape index (κ2) is 6.12. The standard InChI is InChI=1S/C13H13ClN2O2S/c1-16-12(17)7-11(13(14)15-16)19-8-9-3-5-10(18-2)6-4-9/h3-7H,8H2,1-2H3. The van der Waals surface area contributed by atoms with Crippen LogP contribution in [0.5, 0.6) is 5.75 Å². The van der Waals surface area contributed by atoms with E-state index in [2.05, 4.69) is 5.10 Å². The molecule has 6 heteroatoms. The van der Waals surface area contributed by atoms with Gasteiger partial charge in [-0.1, -0.05) is 23.7 Å². The molecule has 0 amide bonds. The first-order valence-corrected chi connectivity index (χ1v) is 6.96. The lowest BCUT2D eigenvalue weighted by Crippen LogP contribution is -2.18. The van der Waals surface area contributed by atoms with Gasteiger partial charge < -0.3 is 4.74 Å². The van der Waals surface area contributed by atoms with E-state index in [9.17, 15) is 4.79 Å². The van der Waals surface area contributed by atoms with E-state index in [0.717, 1.165) is 17.1 Å². The maximum Gasteiger partial charge on any atom is 0.267 e. The van der Waals surface area contributed by atoms with Crippen molar-refractivity contribution in [3.63, 3.8) is 0 Å². The number of rotatable bonds is 4. The van der Waals surface area contributed by atoms with Crippen LogP contribution in [0.25, 0.3) is 0 Å². The Kier molecular flexibility index (Phi) is 4.50. The molecule has 0 aliphatic rings. The van der Waals surface area contributed by atoms with Gasteiger partial charge in [0.05, 0.1) is 12.0 Å². The molecular weight excluding hydrogens is 284 g/mol. The number of thioether (sulfide) groups is 1. The second-order valence-corrected chi connectivity index (χ2v) is 5.27. The van der Waals surface area contributed by atoms with Crippen molar-refractivity contribution in [3.8, 4) is 5.75 Å². The Morgan fingerprint density at radius 3 is 2.68 bits per heavy atom. The molecule has 2 aromatic rings. The number of aryl methyl sites for hydroxylation is 1. The Hall–Kier alpha value is -1.46. The molecule has 0 unspecified atom stereocenters. The quantitative estimate of drug-likeness (QED) is 0.814. The average molecular weight is 297 g/mol. The van der Waals surface area contributed by atoms with Gasteiger partial charge in [-0.25, -0.2) is 4.68 Å². The monoisotopic (exact) mass is 296 g/mol. The Morgan fingerprint density at radius 1 is 1.37 bits per heavy atom. The van der Waals surface area contributed by atoms with Crippen molar-refractivity contribution >= 4 is 23.4 Å². The van der Waals surface area contributed by atoms with Crippen molar-refractivity contribution in [3.05, 3.63) is 51.4 Å². The number of benzene rings is 1. The van der Waals surface area contributed by atoms with E-state index in [1.54, 1.807) is 14.2 Å². The van der Waals surface area contributed by atoms with Crippen molar-refractivity contribution in [2.24, 2.45) is 7.05 Å². The number of ether oxygens (including phenoxy) is 1. The summed E-state index contributed by atoms with van der Waals surface area (Å²) in [6.45, 7) is 0. The molecule has 0 aliphatic heterocycles. The van der Waals surface area contributed by atoms with Gasteiger partial charge in [-0.15, -0.1) is 11.8 Å². The zero-order chi connectivity index (χ0) is 13.8. The van der Waals surface area contributed by atoms with E-state index >= 15 is 0 Å². The molecule has 0 aliphatic carbocycles. The third kappa shape index (κ3) is 3.52. The summed E-state index contributed by atoms with van der Waals surface area (Å²) in [6, 6.07) is 9.27. The third-order valence-electron chi connectivity index (χ3n) is 2.57. The molecule has 0 bridgehead atoms. The number of methoxy groups -OCH3 is 1. The largest absolute Gasteiger partial charge is 0.497 e. The maximum absolute atomic E-state index is 11.5. The molecule has 0 radical (unpaired) electrons. The van der Waals surface area contributed by atoms with Gasteiger partial charge in [0.15, 0.2) is 5.15 Å². The van der Waals surface area contributed by atoms with Crippen LogP contribution < -0.4 is 10.3 Å². The minimum absolute atomic E-state index is 0.165. The summed E-state index contributed by atoms with van der Waals surface area (Å²) in [5.41, 5.74) is 0.962. The van der Waals surface area contributed by atoms with Crippen LogP contribution in [-0.4, -0.2) is 16.9 Å². The van der Waals surface area contributed by atoms with Crippen molar-refractivity contribution in [2.45, 2.75) is 10.6 Å². The molecule has 1 heterocycles. The average Bonchev–Trinajstić information content (AvgIpc) is 2.42. The highest BCUT2D eigenvalue weighted by Crippen LogP contribution is 2.27. The molecule has 0 atom stereocenters. The van der Waals surface area contributed by atoms with E-state index in [1.165, 1.54) is 22.5 Å². The highest BCUT2D eigenvalue weighted by atomic mass is 35.5. The van der Waals surface area contributed by atoms with Crippen molar-refractivity contribution in [2.75, 3.05) is 7.11 Å². The van der Waals surface area contributed by atoms with Crippen LogP contribution in [0.2, 0.25) is 5.15 Å². The van der Waals surface area contributed by atoms with Gasteiger partial charge in [0.1, 0.15) is 5.75 Å². The topological polar surface area (TPSA) is 44.1 Å². The van der Waals surface area contributed by atoms with Crippen LogP contribution in [0.1, 0.15) is 5.56 Å². The summed E-state index contributed by atoms with van der Waals surface area (Å²) >= 11 is 7.49. The zero-order valence-electron chi connectivity index (χ0n) is 10.6. The first-order chi connectivity index (χ1) is 9.10. The molecule has 4 nitrogen and oxygen atoms in total. The summed E-state index contributed by atoms with van der Waals surface area (Å²) in [5, 5.41) is 4.29. The first-order valence-electron chi connectivity index (χ1n) is 5.59. The Balaban J connectivity index is 2.09. The van der Waals surface area contributed by atoms with Crippen LogP contribution in [0.4, 0.5) is 0 Å². The molecule has 1 aromatic carbocycles. The molecule has 0 spiro atoms. The number of aromatic nitrogens is 2. The highest BCUT2D eigenvalue weighted by molar-refractivity contribution is 7.98. The van der Waals surface area contributed by atoms with Gasteiger partial charge in [-0.2, -0.15) is 5.10 Å². The van der Waals surface area contributed by atoms with Gasteiger partial charge in [0.2, 0.25) is 0 Å². The predicted molar refractivity (Wildman–Crippen MR) is 77.0 cm³/mol. The van der Waals surface area contributed by atoms with E-state index in [0.29, 0.717) is 10.0 Å². The number of halogens is 1. The minimum atomic E-state index is -0.165. The maximum atomic E-state index is 11.5. The van der Waals surface area contributed by atoms with Crippen LogP contribution >= 0.6 is 23.4 Å². The van der Waals surface area contributed by atoms with E-state index in [4.69, 9.17) is 16.3 Å². The Labute approximate surface area is 120 Å². The number of nitrogens with zero attached hydrogens (tertiary/aromatic N) is 2. The fraction of sp³-hybridized carbons (Fsp3) is 0.231. The van der Waals surface area contributed by atoms with Gasteiger partial charge in [-0.3, -0.25) is 4.79 Å². The van der Waals surface area contributed by atoms with Crippen LogP contribution in [0.3, 0.4) is 0 Å². The predicted octanol–water partition coefficient (Wildman–Crippen LogP) is 2.73. The lowest BCUT2D eigenvalue weighted by atomic mass is 10.2. The Bertz CT molecular complexity index is 626. The molecule has 19 heavy (non-hydrogen) atoms. The number of hydrogen-bond acceptors (Lipinski definition) is 4. The van der Waals surface area contributed by atoms with Gasteiger partial charge in [0, 0.05) is 18.9 Å². The highest BCUT2D eigenvalue weighted by Gasteiger charge is 2.06. The van der Waals surface area contributed by atoms with Crippen LogP contribution in [-0.2, 0) is 12.8 Å². The molecular formula is C13H13ClN2O2S. The Morgan fingerprint density at radius 2 is 2.05 bits per heavy atom. The van der Waals surface area contributed by atoms with E-state index in [-0.39, 0.29) is 5.56 Å². The molecule has 2 rings (SSSR count). The molecule has 100 valence electrons.